The van der Waals surface area contributed by atoms with Crippen LogP contribution in [0.15, 0.2) is 24.3 Å². The van der Waals surface area contributed by atoms with Gasteiger partial charge in [-0.1, -0.05) is 19.1 Å². The first-order valence-electron chi connectivity index (χ1n) is 6.75. The number of carboxylic acid groups (broad SMARTS) is 1. The highest BCUT2D eigenvalue weighted by atomic mass is 16.5. The maximum absolute atomic E-state index is 10.9. The summed E-state index contributed by atoms with van der Waals surface area (Å²) in [5.74, 6) is -0.210. The third kappa shape index (κ3) is 4.83. The van der Waals surface area contributed by atoms with Gasteiger partial charge in [-0.25, -0.2) is 0 Å². The molecule has 0 fully saturated rings. The van der Waals surface area contributed by atoms with Crippen LogP contribution >= 0.6 is 0 Å². The van der Waals surface area contributed by atoms with Gasteiger partial charge in [0.05, 0.1) is 19.8 Å². The van der Waals surface area contributed by atoms with Crippen molar-refractivity contribution in [2.45, 2.75) is 32.4 Å². The Morgan fingerprint density at radius 3 is 2.70 bits per heavy atom. The zero-order chi connectivity index (χ0) is 15.1. The van der Waals surface area contributed by atoms with E-state index in [0.717, 1.165) is 12.0 Å². The standard InChI is InChI=1S/C15H23NO4/c1-4-11(2)16(10-15(18)19)9-14(17)12-6-5-7-13(8-12)20-3/h5-8,11,14,17H,4,9-10H2,1-3H3,(H,18,19). The van der Waals surface area contributed by atoms with E-state index in [0.29, 0.717) is 5.75 Å². The molecule has 0 spiro atoms. The Balaban J connectivity index is 2.78. The molecule has 0 bridgehead atoms. The monoisotopic (exact) mass is 281 g/mol. The summed E-state index contributed by atoms with van der Waals surface area (Å²) < 4.78 is 5.12. The second kappa shape index (κ2) is 7.87. The molecule has 5 heteroatoms. The number of nitrogens with zero attached hydrogens (tertiary/aromatic N) is 1. The Labute approximate surface area is 119 Å². The third-order valence-corrected chi connectivity index (χ3v) is 3.44. The van der Waals surface area contributed by atoms with Gasteiger partial charge in [0.1, 0.15) is 5.75 Å². The van der Waals surface area contributed by atoms with Gasteiger partial charge in [-0.15, -0.1) is 0 Å². The molecule has 0 saturated heterocycles. The van der Waals surface area contributed by atoms with Crippen molar-refractivity contribution < 1.29 is 19.7 Å². The Bertz CT molecular complexity index is 436. The molecule has 0 aliphatic heterocycles. The van der Waals surface area contributed by atoms with Crippen molar-refractivity contribution in [3.05, 3.63) is 29.8 Å². The van der Waals surface area contributed by atoms with Crippen LogP contribution in [0, 0.1) is 0 Å². The molecule has 1 aromatic rings. The largest absolute Gasteiger partial charge is 0.497 e. The quantitative estimate of drug-likeness (QED) is 0.761. The van der Waals surface area contributed by atoms with Crippen LogP contribution in [-0.2, 0) is 4.79 Å². The molecule has 112 valence electrons. The minimum atomic E-state index is -0.886. The predicted octanol–water partition coefficient (Wildman–Crippen LogP) is 1.91. The van der Waals surface area contributed by atoms with Crippen molar-refractivity contribution in [3.8, 4) is 5.75 Å². The van der Waals surface area contributed by atoms with Gasteiger partial charge < -0.3 is 14.9 Å². The van der Waals surface area contributed by atoms with Crippen molar-refractivity contribution >= 4 is 5.97 Å². The molecule has 0 aliphatic carbocycles. The number of benzene rings is 1. The molecule has 2 unspecified atom stereocenters. The highest BCUT2D eigenvalue weighted by Gasteiger charge is 2.20. The fraction of sp³-hybridized carbons (Fsp3) is 0.533. The molecule has 0 aliphatic rings. The van der Waals surface area contributed by atoms with Crippen LogP contribution in [0.2, 0.25) is 0 Å². The number of hydrogen-bond donors (Lipinski definition) is 2. The van der Waals surface area contributed by atoms with E-state index in [9.17, 15) is 9.90 Å². The molecule has 5 nitrogen and oxygen atoms in total. The first kappa shape index (κ1) is 16.5. The smallest absolute Gasteiger partial charge is 0.317 e. The lowest BCUT2D eigenvalue weighted by molar-refractivity contribution is -0.139. The minimum Gasteiger partial charge on any atom is -0.497 e. The molecule has 1 aromatic carbocycles. The number of carbonyl (C=O) groups is 1. The molecule has 0 heterocycles. The SMILES string of the molecule is CCC(C)N(CC(=O)O)CC(O)c1cccc(OC)c1. The van der Waals surface area contributed by atoms with E-state index in [1.165, 1.54) is 0 Å². The van der Waals surface area contributed by atoms with Gasteiger partial charge in [-0.3, -0.25) is 9.69 Å². The second-order valence-corrected chi connectivity index (χ2v) is 4.87. The predicted molar refractivity (Wildman–Crippen MR) is 76.9 cm³/mol. The number of aliphatic hydroxyl groups is 1. The number of rotatable bonds is 8. The normalized spacial score (nSPS) is 14.1. The Morgan fingerprint density at radius 2 is 2.15 bits per heavy atom. The lowest BCUT2D eigenvalue weighted by Gasteiger charge is -2.29. The molecule has 0 aromatic heterocycles. The van der Waals surface area contributed by atoms with E-state index in [1.54, 1.807) is 24.1 Å². The van der Waals surface area contributed by atoms with Crippen LogP contribution in [0.4, 0.5) is 0 Å². The number of methoxy groups -OCH3 is 1. The minimum absolute atomic E-state index is 0.0734. The first-order valence-corrected chi connectivity index (χ1v) is 6.75. The van der Waals surface area contributed by atoms with Crippen LogP contribution in [-0.4, -0.2) is 47.3 Å². The van der Waals surface area contributed by atoms with Gasteiger partial charge in [-0.2, -0.15) is 0 Å². The average Bonchev–Trinajstić information content (AvgIpc) is 2.45. The van der Waals surface area contributed by atoms with Crippen LogP contribution in [0.25, 0.3) is 0 Å². The van der Waals surface area contributed by atoms with Gasteiger partial charge in [0, 0.05) is 12.6 Å². The molecule has 0 amide bonds. The van der Waals surface area contributed by atoms with Gasteiger partial charge >= 0.3 is 5.97 Å². The van der Waals surface area contributed by atoms with Crippen molar-refractivity contribution in [3.63, 3.8) is 0 Å². The molecule has 1 rings (SSSR count). The van der Waals surface area contributed by atoms with Crippen LogP contribution in [0.3, 0.4) is 0 Å². The molecule has 2 atom stereocenters. The fourth-order valence-corrected chi connectivity index (χ4v) is 2.01. The number of aliphatic carboxylic acids is 1. The van der Waals surface area contributed by atoms with E-state index in [-0.39, 0.29) is 19.1 Å². The summed E-state index contributed by atoms with van der Waals surface area (Å²) in [5, 5.41) is 19.2. The topological polar surface area (TPSA) is 70.0 Å². The maximum atomic E-state index is 10.9. The summed E-state index contributed by atoms with van der Waals surface area (Å²) in [6, 6.07) is 7.29. The van der Waals surface area contributed by atoms with Gasteiger partial charge in [-0.05, 0) is 31.0 Å². The van der Waals surface area contributed by atoms with Crippen molar-refractivity contribution in [2.24, 2.45) is 0 Å². The average molecular weight is 281 g/mol. The van der Waals surface area contributed by atoms with E-state index in [2.05, 4.69) is 0 Å². The van der Waals surface area contributed by atoms with Crippen LogP contribution in [0.5, 0.6) is 5.75 Å². The summed E-state index contributed by atoms with van der Waals surface area (Å²) >= 11 is 0. The highest BCUT2D eigenvalue weighted by molar-refractivity contribution is 5.69. The molecular formula is C15H23NO4. The Kier molecular flexibility index (Phi) is 6.48. The number of ether oxygens (including phenoxy) is 1. The molecule has 2 N–H and O–H groups in total. The molecular weight excluding hydrogens is 258 g/mol. The van der Waals surface area contributed by atoms with E-state index in [4.69, 9.17) is 9.84 Å². The molecule has 0 radical (unpaired) electrons. The van der Waals surface area contributed by atoms with E-state index >= 15 is 0 Å². The lowest BCUT2D eigenvalue weighted by atomic mass is 10.1. The van der Waals surface area contributed by atoms with Gasteiger partial charge in [0.25, 0.3) is 0 Å². The molecule has 20 heavy (non-hydrogen) atoms. The van der Waals surface area contributed by atoms with Crippen LogP contribution < -0.4 is 4.74 Å². The second-order valence-electron chi connectivity index (χ2n) is 4.87. The van der Waals surface area contributed by atoms with Crippen LogP contribution in [0.1, 0.15) is 31.9 Å². The number of aliphatic hydroxyl groups excluding tert-OH is 1. The molecule has 0 saturated carbocycles. The Morgan fingerprint density at radius 1 is 1.45 bits per heavy atom. The summed E-state index contributed by atoms with van der Waals surface area (Å²) in [7, 11) is 1.57. The summed E-state index contributed by atoms with van der Waals surface area (Å²) in [6.45, 7) is 4.17. The fourth-order valence-electron chi connectivity index (χ4n) is 2.01. The number of carboxylic acids is 1. The summed E-state index contributed by atoms with van der Waals surface area (Å²) in [4.78, 5) is 12.7. The van der Waals surface area contributed by atoms with Gasteiger partial charge in [0.15, 0.2) is 0 Å². The zero-order valence-electron chi connectivity index (χ0n) is 12.2. The number of hydrogen-bond acceptors (Lipinski definition) is 4. The van der Waals surface area contributed by atoms with Crippen molar-refractivity contribution in [2.75, 3.05) is 20.2 Å². The van der Waals surface area contributed by atoms with E-state index in [1.807, 2.05) is 26.0 Å². The maximum Gasteiger partial charge on any atom is 0.317 e. The summed E-state index contributed by atoms with van der Waals surface area (Å²) in [6.07, 6.45) is 0.0939. The van der Waals surface area contributed by atoms with Crippen molar-refractivity contribution in [1.29, 1.82) is 0 Å². The lowest BCUT2D eigenvalue weighted by Crippen LogP contribution is -2.39. The van der Waals surface area contributed by atoms with Gasteiger partial charge in [0.2, 0.25) is 0 Å². The van der Waals surface area contributed by atoms with E-state index < -0.39 is 12.1 Å². The zero-order valence-corrected chi connectivity index (χ0v) is 12.2. The third-order valence-electron chi connectivity index (χ3n) is 3.44. The summed E-state index contributed by atoms with van der Waals surface area (Å²) in [5.41, 5.74) is 0.725. The highest BCUT2D eigenvalue weighted by Crippen LogP contribution is 2.21. The Hall–Kier alpha value is -1.59. The van der Waals surface area contributed by atoms with Crippen molar-refractivity contribution in [1.82, 2.24) is 4.90 Å². The first-order chi connectivity index (χ1) is 9.47.